The minimum Gasteiger partial charge on any atom is -0.476 e. The molecule has 1 N–H and O–H groups in total. The highest BCUT2D eigenvalue weighted by atomic mass is 19.2. The van der Waals surface area contributed by atoms with Crippen molar-refractivity contribution in [1.82, 2.24) is 15.0 Å². The molecule has 1 aromatic heterocycles. The van der Waals surface area contributed by atoms with Crippen molar-refractivity contribution >= 4 is 5.97 Å². The summed E-state index contributed by atoms with van der Waals surface area (Å²) in [6.45, 7) is 2.12. The fraction of sp³-hybridized carbons (Fsp3) is 0.182. The number of benzene rings is 1. The summed E-state index contributed by atoms with van der Waals surface area (Å²) in [5.74, 6) is -3.33. The van der Waals surface area contributed by atoms with Gasteiger partial charge < -0.3 is 5.11 Å². The third-order valence-electron chi connectivity index (χ3n) is 2.33. The van der Waals surface area contributed by atoms with Gasteiger partial charge in [0.25, 0.3) is 0 Å². The van der Waals surface area contributed by atoms with Crippen LogP contribution in [0.2, 0.25) is 0 Å². The molecule has 0 unspecified atom stereocenters. The second-order valence-electron chi connectivity index (χ2n) is 3.52. The third-order valence-corrected chi connectivity index (χ3v) is 2.33. The molecule has 2 rings (SSSR count). The Kier molecular flexibility index (Phi) is 3.05. The number of hydrogen-bond donors (Lipinski definition) is 1. The molecule has 0 radical (unpaired) electrons. The van der Waals surface area contributed by atoms with Crippen LogP contribution in [0, 0.1) is 11.6 Å². The van der Waals surface area contributed by atoms with E-state index in [0.29, 0.717) is 6.54 Å². The number of hydrogen-bond acceptors (Lipinski definition) is 3. The molecule has 7 heteroatoms. The molecule has 0 aliphatic rings. The fourth-order valence-electron chi connectivity index (χ4n) is 1.47. The number of nitrogens with zero attached hydrogens (tertiary/aromatic N) is 3. The van der Waals surface area contributed by atoms with E-state index in [-0.39, 0.29) is 17.0 Å². The average Bonchev–Trinajstić information content (AvgIpc) is 2.77. The van der Waals surface area contributed by atoms with Crippen LogP contribution < -0.4 is 0 Å². The Morgan fingerprint density at radius 2 is 2.06 bits per heavy atom. The summed E-state index contributed by atoms with van der Waals surface area (Å²) in [5.41, 5.74) is -0.0999. The molecule has 0 atom stereocenters. The summed E-state index contributed by atoms with van der Waals surface area (Å²) in [7, 11) is 0. The van der Waals surface area contributed by atoms with Gasteiger partial charge in [0.05, 0.1) is 6.54 Å². The first-order valence-corrected chi connectivity index (χ1v) is 5.16. The van der Waals surface area contributed by atoms with Crippen molar-refractivity contribution < 1.29 is 18.7 Å². The fourth-order valence-corrected chi connectivity index (χ4v) is 1.47. The molecule has 0 saturated carbocycles. The molecule has 0 aliphatic carbocycles. The molecule has 1 heterocycles. The Morgan fingerprint density at radius 3 is 2.61 bits per heavy atom. The predicted octanol–water partition coefficient (Wildman–Crippen LogP) is 1.94. The van der Waals surface area contributed by atoms with Gasteiger partial charge in [-0.05, 0) is 25.1 Å². The minimum absolute atomic E-state index is 0.0169. The van der Waals surface area contributed by atoms with Gasteiger partial charge in [-0.3, -0.25) is 0 Å². The van der Waals surface area contributed by atoms with Crippen LogP contribution in [0.4, 0.5) is 8.78 Å². The second-order valence-corrected chi connectivity index (χ2v) is 3.52. The second kappa shape index (κ2) is 4.52. The average molecular weight is 253 g/mol. The normalized spacial score (nSPS) is 10.6. The van der Waals surface area contributed by atoms with Crippen molar-refractivity contribution in [3.8, 4) is 11.3 Å². The summed E-state index contributed by atoms with van der Waals surface area (Å²) in [5, 5.41) is 16.6. The molecular formula is C11H9F2N3O2. The molecule has 0 spiro atoms. The molecular weight excluding hydrogens is 244 g/mol. The zero-order valence-corrected chi connectivity index (χ0v) is 9.39. The van der Waals surface area contributed by atoms with E-state index in [4.69, 9.17) is 5.11 Å². The van der Waals surface area contributed by atoms with E-state index in [1.807, 2.05) is 0 Å². The largest absolute Gasteiger partial charge is 0.476 e. The maximum absolute atomic E-state index is 13.1. The van der Waals surface area contributed by atoms with Crippen LogP contribution in [0.15, 0.2) is 18.2 Å². The van der Waals surface area contributed by atoms with Crippen molar-refractivity contribution in [1.29, 1.82) is 0 Å². The van der Waals surface area contributed by atoms with Gasteiger partial charge in [0.2, 0.25) is 0 Å². The maximum Gasteiger partial charge on any atom is 0.358 e. The minimum atomic E-state index is -1.27. The number of aromatic nitrogens is 3. The molecule has 0 fully saturated rings. The monoisotopic (exact) mass is 253 g/mol. The maximum atomic E-state index is 13.1. The Bertz CT molecular complexity index is 610. The van der Waals surface area contributed by atoms with Gasteiger partial charge in [-0.1, -0.05) is 0 Å². The molecule has 2 aromatic rings. The van der Waals surface area contributed by atoms with Crippen molar-refractivity contribution in [2.24, 2.45) is 0 Å². The molecule has 0 bridgehead atoms. The smallest absolute Gasteiger partial charge is 0.358 e. The molecule has 1 aromatic carbocycles. The molecule has 5 nitrogen and oxygen atoms in total. The number of carbonyl (C=O) groups is 1. The van der Waals surface area contributed by atoms with Crippen molar-refractivity contribution in [3.63, 3.8) is 0 Å². The van der Waals surface area contributed by atoms with Crippen LogP contribution in [0.5, 0.6) is 0 Å². The van der Waals surface area contributed by atoms with E-state index in [1.54, 1.807) is 6.92 Å². The standard InChI is InChI=1S/C11H9F2N3O2/c1-2-16-14-9(10(15-16)11(17)18)6-3-4-7(12)8(13)5-6/h3-5H,2H2,1H3,(H,17,18). The van der Waals surface area contributed by atoms with Crippen molar-refractivity contribution in [2.75, 3.05) is 0 Å². The first-order chi connectivity index (χ1) is 8.52. The summed E-state index contributed by atoms with van der Waals surface area (Å²) >= 11 is 0. The van der Waals surface area contributed by atoms with Crippen LogP contribution in [-0.2, 0) is 6.54 Å². The Balaban J connectivity index is 2.58. The topological polar surface area (TPSA) is 68.0 Å². The first kappa shape index (κ1) is 12.2. The first-order valence-electron chi connectivity index (χ1n) is 5.16. The molecule has 18 heavy (non-hydrogen) atoms. The summed E-state index contributed by atoms with van der Waals surface area (Å²) in [4.78, 5) is 12.2. The zero-order chi connectivity index (χ0) is 13.3. The van der Waals surface area contributed by atoms with Crippen LogP contribution in [0.1, 0.15) is 17.4 Å². The predicted molar refractivity (Wildman–Crippen MR) is 58.0 cm³/mol. The number of halogens is 2. The molecule has 0 saturated heterocycles. The molecule has 0 aliphatic heterocycles. The molecule has 0 amide bonds. The van der Waals surface area contributed by atoms with E-state index >= 15 is 0 Å². The van der Waals surface area contributed by atoms with E-state index in [9.17, 15) is 13.6 Å². The number of rotatable bonds is 3. The lowest BCUT2D eigenvalue weighted by molar-refractivity contribution is 0.0690. The van der Waals surface area contributed by atoms with Gasteiger partial charge in [-0.2, -0.15) is 9.90 Å². The lowest BCUT2D eigenvalue weighted by atomic mass is 10.1. The quantitative estimate of drug-likeness (QED) is 0.907. The summed E-state index contributed by atoms with van der Waals surface area (Å²) in [6.07, 6.45) is 0. The van der Waals surface area contributed by atoms with Gasteiger partial charge in [0.1, 0.15) is 5.69 Å². The van der Waals surface area contributed by atoms with Gasteiger partial charge in [0.15, 0.2) is 17.3 Å². The highest BCUT2D eigenvalue weighted by Gasteiger charge is 2.19. The van der Waals surface area contributed by atoms with E-state index in [0.717, 1.165) is 12.1 Å². The van der Waals surface area contributed by atoms with Crippen LogP contribution in [-0.4, -0.2) is 26.1 Å². The SMILES string of the molecule is CCn1nc(C(=O)O)c(-c2ccc(F)c(F)c2)n1. The number of aryl methyl sites for hydroxylation is 1. The third kappa shape index (κ3) is 2.06. The van der Waals surface area contributed by atoms with Crippen molar-refractivity contribution in [2.45, 2.75) is 13.5 Å². The van der Waals surface area contributed by atoms with Gasteiger partial charge >= 0.3 is 5.97 Å². The van der Waals surface area contributed by atoms with Gasteiger partial charge in [-0.15, -0.1) is 5.10 Å². The number of carboxylic acid groups (broad SMARTS) is 1. The van der Waals surface area contributed by atoms with Crippen molar-refractivity contribution in [3.05, 3.63) is 35.5 Å². The van der Waals surface area contributed by atoms with Crippen LogP contribution in [0.25, 0.3) is 11.3 Å². The summed E-state index contributed by atoms with van der Waals surface area (Å²) < 4.78 is 25.9. The lowest BCUT2D eigenvalue weighted by Gasteiger charge is -1.98. The molecule has 94 valence electrons. The summed E-state index contributed by atoms with van der Waals surface area (Å²) in [6, 6.07) is 3.07. The Labute approximate surface area is 101 Å². The van der Waals surface area contributed by atoms with E-state index in [1.165, 1.54) is 10.9 Å². The number of carboxylic acids is 1. The van der Waals surface area contributed by atoms with E-state index < -0.39 is 17.6 Å². The highest BCUT2D eigenvalue weighted by Crippen LogP contribution is 2.22. The van der Waals surface area contributed by atoms with Crippen LogP contribution in [0.3, 0.4) is 0 Å². The van der Waals surface area contributed by atoms with E-state index in [2.05, 4.69) is 10.2 Å². The lowest BCUT2D eigenvalue weighted by Crippen LogP contribution is -2.02. The van der Waals surface area contributed by atoms with Gasteiger partial charge in [-0.25, -0.2) is 13.6 Å². The number of aromatic carboxylic acids is 1. The Morgan fingerprint density at radius 1 is 1.33 bits per heavy atom. The highest BCUT2D eigenvalue weighted by molar-refractivity contribution is 5.92. The Hall–Kier alpha value is -2.31. The van der Waals surface area contributed by atoms with Gasteiger partial charge in [0, 0.05) is 5.56 Å². The van der Waals surface area contributed by atoms with Crippen LogP contribution >= 0.6 is 0 Å². The zero-order valence-electron chi connectivity index (χ0n) is 9.39.